The normalized spacial score (nSPS) is 12.3. The van der Waals surface area contributed by atoms with Gasteiger partial charge in [0.15, 0.2) is 0 Å². The fourth-order valence-corrected chi connectivity index (χ4v) is 3.85. The molecule has 1 aromatic heterocycles. The molecule has 0 radical (unpaired) electrons. The molecule has 7 nitrogen and oxygen atoms in total. The molecule has 180 valence electrons. The van der Waals surface area contributed by atoms with E-state index in [9.17, 15) is 9.59 Å². The van der Waals surface area contributed by atoms with E-state index in [-0.39, 0.29) is 12.1 Å². The Kier molecular flexibility index (Phi) is 6.91. The van der Waals surface area contributed by atoms with Crippen LogP contribution in [0.2, 0.25) is 0 Å². The predicted molar refractivity (Wildman–Crippen MR) is 133 cm³/mol. The summed E-state index contributed by atoms with van der Waals surface area (Å²) in [6, 6.07) is 20.9. The summed E-state index contributed by atoms with van der Waals surface area (Å²) in [5, 5.41) is 11.2. The number of nitrogens with one attached hydrogen (secondary N) is 1. The fraction of sp³-hybridized carbons (Fsp3) is 0.259. The van der Waals surface area contributed by atoms with Crippen LogP contribution in [0.25, 0.3) is 11.0 Å². The lowest BCUT2D eigenvalue weighted by Gasteiger charge is -2.34. The molecule has 2 amide bonds. The van der Waals surface area contributed by atoms with Crippen molar-refractivity contribution in [2.45, 2.75) is 45.3 Å². The molecule has 0 aliphatic heterocycles. The smallest absolute Gasteiger partial charge is 0.249 e. The van der Waals surface area contributed by atoms with Crippen molar-refractivity contribution < 1.29 is 14.0 Å². The van der Waals surface area contributed by atoms with Gasteiger partial charge in [-0.25, -0.2) is 9.07 Å². The zero-order valence-corrected chi connectivity index (χ0v) is 20.0. The van der Waals surface area contributed by atoms with Gasteiger partial charge in [-0.3, -0.25) is 14.5 Å². The van der Waals surface area contributed by atoms with Crippen LogP contribution in [-0.4, -0.2) is 32.3 Å². The Bertz CT molecular complexity index is 1340. The number of carbonyl (C=O) groups excluding carboxylic acids is 2. The first-order valence-corrected chi connectivity index (χ1v) is 11.5. The molecule has 0 aliphatic rings. The first-order valence-electron chi connectivity index (χ1n) is 11.5. The molecule has 0 spiro atoms. The van der Waals surface area contributed by atoms with Crippen molar-refractivity contribution in [3.8, 4) is 0 Å². The quantitative estimate of drug-likeness (QED) is 0.404. The molecule has 0 saturated heterocycles. The second kappa shape index (κ2) is 10.0. The van der Waals surface area contributed by atoms with Crippen molar-refractivity contribution in [1.29, 1.82) is 0 Å². The highest BCUT2D eigenvalue weighted by Crippen LogP contribution is 2.31. The Balaban J connectivity index is 1.81. The largest absolute Gasteiger partial charge is 0.349 e. The van der Waals surface area contributed by atoms with Gasteiger partial charge in [-0.05, 0) is 50.6 Å². The molecule has 1 atom stereocenters. The summed E-state index contributed by atoms with van der Waals surface area (Å²) in [5.74, 6) is -1.46. The van der Waals surface area contributed by atoms with Crippen LogP contribution in [0.1, 0.15) is 38.8 Å². The fourth-order valence-electron chi connectivity index (χ4n) is 3.85. The van der Waals surface area contributed by atoms with E-state index >= 15 is 4.39 Å². The number of halogens is 1. The van der Waals surface area contributed by atoms with E-state index in [4.69, 9.17) is 0 Å². The molecular weight excluding hydrogens is 445 g/mol. The standard InChI is InChI=1S/C27H28FN5O2/c1-4-27(2,3)29-26(35)25(20-14-8-9-15-21(20)28)33(19-12-6-5-7-13-19)24(34)18-32-23-17-11-10-16-22(23)30-31-32/h5-17,25H,4,18H2,1-3H3,(H,29,35). The SMILES string of the molecule is CCC(C)(C)NC(=O)C(c1ccccc1F)N(C(=O)Cn1nnc2ccccc21)c1ccccc1. The Labute approximate surface area is 203 Å². The predicted octanol–water partition coefficient (Wildman–Crippen LogP) is 4.65. The molecule has 1 heterocycles. The van der Waals surface area contributed by atoms with E-state index in [1.54, 1.807) is 42.5 Å². The van der Waals surface area contributed by atoms with Crippen LogP contribution in [0.3, 0.4) is 0 Å². The lowest BCUT2D eigenvalue weighted by molar-refractivity contribution is -0.128. The van der Waals surface area contributed by atoms with Gasteiger partial charge in [-0.1, -0.05) is 60.7 Å². The number of para-hydroxylation sites is 2. The van der Waals surface area contributed by atoms with Crippen LogP contribution in [0.4, 0.5) is 10.1 Å². The highest BCUT2D eigenvalue weighted by atomic mass is 19.1. The Morgan fingerprint density at radius 3 is 2.37 bits per heavy atom. The number of fused-ring (bicyclic) bond motifs is 1. The molecule has 3 aromatic carbocycles. The van der Waals surface area contributed by atoms with E-state index in [1.165, 1.54) is 21.7 Å². The molecule has 0 bridgehead atoms. The summed E-state index contributed by atoms with van der Waals surface area (Å²) in [4.78, 5) is 28.9. The van der Waals surface area contributed by atoms with Crippen molar-refractivity contribution in [2.75, 3.05) is 4.90 Å². The summed E-state index contributed by atoms with van der Waals surface area (Å²) in [6.45, 7) is 5.55. The number of amides is 2. The summed E-state index contributed by atoms with van der Waals surface area (Å²) in [7, 11) is 0. The van der Waals surface area contributed by atoms with Crippen molar-refractivity contribution in [2.24, 2.45) is 0 Å². The van der Waals surface area contributed by atoms with Crippen molar-refractivity contribution in [3.05, 3.63) is 90.2 Å². The zero-order chi connectivity index (χ0) is 25.0. The molecule has 4 rings (SSSR count). The highest BCUT2D eigenvalue weighted by molar-refractivity contribution is 6.01. The third-order valence-corrected chi connectivity index (χ3v) is 6.06. The number of aromatic nitrogens is 3. The van der Waals surface area contributed by atoms with Gasteiger partial charge in [-0.15, -0.1) is 5.10 Å². The number of benzene rings is 3. The molecular formula is C27H28FN5O2. The Hall–Kier alpha value is -4.07. The maximum Gasteiger partial charge on any atom is 0.249 e. The van der Waals surface area contributed by atoms with Crippen LogP contribution >= 0.6 is 0 Å². The maximum absolute atomic E-state index is 15.1. The number of hydrogen-bond donors (Lipinski definition) is 1. The van der Waals surface area contributed by atoms with Gasteiger partial charge in [0.2, 0.25) is 11.8 Å². The van der Waals surface area contributed by atoms with E-state index in [0.29, 0.717) is 23.1 Å². The van der Waals surface area contributed by atoms with Gasteiger partial charge in [0, 0.05) is 16.8 Å². The molecule has 1 unspecified atom stereocenters. The first-order chi connectivity index (χ1) is 16.8. The highest BCUT2D eigenvalue weighted by Gasteiger charge is 2.36. The Morgan fingerprint density at radius 1 is 1.00 bits per heavy atom. The van der Waals surface area contributed by atoms with E-state index in [1.807, 2.05) is 45.0 Å². The van der Waals surface area contributed by atoms with Gasteiger partial charge >= 0.3 is 0 Å². The van der Waals surface area contributed by atoms with Gasteiger partial charge < -0.3 is 5.32 Å². The summed E-state index contributed by atoms with van der Waals surface area (Å²) < 4.78 is 16.6. The summed E-state index contributed by atoms with van der Waals surface area (Å²) in [6.07, 6.45) is 0.660. The lowest BCUT2D eigenvalue weighted by atomic mass is 9.98. The molecule has 0 saturated carbocycles. The van der Waals surface area contributed by atoms with Gasteiger partial charge in [-0.2, -0.15) is 0 Å². The lowest BCUT2D eigenvalue weighted by Crippen LogP contribution is -2.51. The minimum absolute atomic E-state index is 0.109. The van der Waals surface area contributed by atoms with Gasteiger partial charge in [0.1, 0.15) is 23.9 Å². The van der Waals surface area contributed by atoms with Crippen LogP contribution in [-0.2, 0) is 16.1 Å². The summed E-state index contributed by atoms with van der Waals surface area (Å²) >= 11 is 0. The van der Waals surface area contributed by atoms with Crippen molar-refractivity contribution in [3.63, 3.8) is 0 Å². The van der Waals surface area contributed by atoms with E-state index in [0.717, 1.165) is 0 Å². The molecule has 0 fully saturated rings. The van der Waals surface area contributed by atoms with Crippen LogP contribution in [0, 0.1) is 5.82 Å². The van der Waals surface area contributed by atoms with Crippen molar-refractivity contribution in [1.82, 2.24) is 20.3 Å². The topological polar surface area (TPSA) is 80.1 Å². The molecule has 8 heteroatoms. The minimum Gasteiger partial charge on any atom is -0.349 e. The number of nitrogens with zero attached hydrogens (tertiary/aromatic N) is 4. The molecule has 35 heavy (non-hydrogen) atoms. The third-order valence-electron chi connectivity index (χ3n) is 6.06. The van der Waals surface area contributed by atoms with E-state index < -0.39 is 29.2 Å². The molecule has 4 aromatic rings. The van der Waals surface area contributed by atoms with Crippen molar-refractivity contribution >= 4 is 28.5 Å². The zero-order valence-electron chi connectivity index (χ0n) is 20.0. The van der Waals surface area contributed by atoms with Crippen LogP contribution < -0.4 is 10.2 Å². The summed E-state index contributed by atoms with van der Waals surface area (Å²) in [5.41, 5.74) is 1.37. The molecule has 0 aliphatic carbocycles. The minimum atomic E-state index is -1.23. The number of hydrogen-bond acceptors (Lipinski definition) is 4. The van der Waals surface area contributed by atoms with Gasteiger partial charge in [0.25, 0.3) is 0 Å². The van der Waals surface area contributed by atoms with Gasteiger partial charge in [0.05, 0.1) is 5.52 Å². The third kappa shape index (κ3) is 5.21. The number of anilines is 1. The monoisotopic (exact) mass is 473 g/mol. The number of carbonyl (C=O) groups is 2. The van der Waals surface area contributed by atoms with E-state index in [2.05, 4.69) is 15.6 Å². The van der Waals surface area contributed by atoms with Crippen LogP contribution in [0.5, 0.6) is 0 Å². The Morgan fingerprint density at radius 2 is 1.66 bits per heavy atom. The second-order valence-electron chi connectivity index (χ2n) is 8.99. The average Bonchev–Trinajstić information content (AvgIpc) is 3.26. The number of rotatable bonds is 8. The average molecular weight is 474 g/mol. The van der Waals surface area contributed by atoms with Crippen LogP contribution in [0.15, 0.2) is 78.9 Å². The maximum atomic E-state index is 15.1. The first kappa shape index (κ1) is 24.1. The second-order valence-corrected chi connectivity index (χ2v) is 8.99. The molecule has 1 N–H and O–H groups in total.